The molecule has 1 aliphatic heterocycles. The van der Waals surface area contributed by atoms with Crippen LogP contribution in [-0.4, -0.2) is 48.6 Å². The first-order valence-corrected chi connectivity index (χ1v) is 7.99. The van der Waals surface area contributed by atoms with Gasteiger partial charge in [0.2, 0.25) is 0 Å². The third-order valence-electron chi connectivity index (χ3n) is 4.15. The summed E-state index contributed by atoms with van der Waals surface area (Å²) in [5.41, 5.74) is 0. The summed E-state index contributed by atoms with van der Waals surface area (Å²) in [6, 6.07) is 1.53. The maximum Gasteiger partial charge on any atom is 0.0339 e. The van der Waals surface area contributed by atoms with E-state index < -0.39 is 0 Å². The normalized spacial score (nSPS) is 30.0. The van der Waals surface area contributed by atoms with Gasteiger partial charge >= 0.3 is 0 Å². The maximum atomic E-state index is 3.82. The van der Waals surface area contributed by atoms with Gasteiger partial charge in [0, 0.05) is 30.1 Å². The van der Waals surface area contributed by atoms with Crippen molar-refractivity contribution in [3.05, 3.63) is 0 Å². The largest absolute Gasteiger partial charge is 0.312 e. The molecule has 2 nitrogen and oxygen atoms in total. The first-order valence-electron chi connectivity index (χ1n) is 6.84. The zero-order valence-electron chi connectivity index (χ0n) is 10.7. The predicted molar refractivity (Wildman–Crippen MR) is 73.2 cm³/mol. The molecule has 0 aromatic heterocycles. The first-order chi connectivity index (χ1) is 7.83. The third kappa shape index (κ3) is 2.93. The Hall–Kier alpha value is 0.270. The molecule has 0 aromatic carbocycles. The van der Waals surface area contributed by atoms with E-state index >= 15 is 0 Å². The maximum absolute atomic E-state index is 3.82. The van der Waals surface area contributed by atoms with Crippen molar-refractivity contribution in [3.63, 3.8) is 0 Å². The minimum absolute atomic E-state index is 0.756. The lowest BCUT2D eigenvalue weighted by Gasteiger charge is -2.44. The van der Waals surface area contributed by atoms with E-state index in [1.165, 1.54) is 50.3 Å². The average Bonchev–Trinajstić information content (AvgIpc) is 2.22. The standard InChI is InChI=1S/C13H26N2S/c1-3-7-14-13(11-5-4-6-11)12-10-16-9-8-15(12)2/h11-14H,3-10H2,1-2H3. The Balaban J connectivity index is 1.92. The fourth-order valence-electron chi connectivity index (χ4n) is 2.81. The number of hydrogen-bond acceptors (Lipinski definition) is 3. The minimum Gasteiger partial charge on any atom is -0.312 e. The first kappa shape index (κ1) is 12.7. The molecule has 0 spiro atoms. The van der Waals surface area contributed by atoms with Gasteiger partial charge in [-0.25, -0.2) is 0 Å². The highest BCUT2D eigenvalue weighted by atomic mass is 32.2. The molecule has 16 heavy (non-hydrogen) atoms. The molecule has 2 rings (SSSR count). The van der Waals surface area contributed by atoms with E-state index in [0.717, 1.165) is 18.0 Å². The van der Waals surface area contributed by atoms with Crippen LogP contribution < -0.4 is 5.32 Å². The summed E-state index contributed by atoms with van der Waals surface area (Å²) in [4.78, 5) is 2.59. The van der Waals surface area contributed by atoms with E-state index in [2.05, 4.69) is 35.9 Å². The van der Waals surface area contributed by atoms with Crippen molar-refractivity contribution in [2.24, 2.45) is 5.92 Å². The lowest BCUT2D eigenvalue weighted by molar-refractivity contribution is 0.130. The van der Waals surface area contributed by atoms with Crippen molar-refractivity contribution >= 4 is 11.8 Å². The lowest BCUT2D eigenvalue weighted by Crippen LogP contribution is -2.57. The van der Waals surface area contributed by atoms with Gasteiger partial charge in [-0.1, -0.05) is 13.3 Å². The van der Waals surface area contributed by atoms with E-state index in [9.17, 15) is 0 Å². The zero-order valence-corrected chi connectivity index (χ0v) is 11.6. The van der Waals surface area contributed by atoms with Gasteiger partial charge in [-0.15, -0.1) is 0 Å². The summed E-state index contributed by atoms with van der Waals surface area (Å²) in [7, 11) is 2.31. The molecule has 0 amide bonds. The second kappa shape index (κ2) is 6.27. The van der Waals surface area contributed by atoms with Crippen molar-refractivity contribution in [2.45, 2.75) is 44.7 Å². The van der Waals surface area contributed by atoms with Crippen LogP contribution in [0.3, 0.4) is 0 Å². The molecule has 2 fully saturated rings. The Morgan fingerprint density at radius 3 is 2.81 bits per heavy atom. The fraction of sp³-hybridized carbons (Fsp3) is 1.00. The van der Waals surface area contributed by atoms with Crippen molar-refractivity contribution in [3.8, 4) is 0 Å². The van der Waals surface area contributed by atoms with Crippen LogP contribution in [-0.2, 0) is 0 Å². The Bertz CT molecular complexity index is 206. The molecular weight excluding hydrogens is 216 g/mol. The van der Waals surface area contributed by atoms with Gasteiger partial charge in [-0.2, -0.15) is 11.8 Å². The zero-order chi connectivity index (χ0) is 11.4. The Morgan fingerprint density at radius 1 is 1.44 bits per heavy atom. The smallest absolute Gasteiger partial charge is 0.0339 e. The second-order valence-corrected chi connectivity index (χ2v) is 6.44. The number of hydrogen-bond donors (Lipinski definition) is 1. The van der Waals surface area contributed by atoms with E-state index in [4.69, 9.17) is 0 Å². The summed E-state index contributed by atoms with van der Waals surface area (Å²) in [6.07, 6.45) is 5.62. The fourth-order valence-corrected chi connectivity index (χ4v) is 4.10. The molecule has 1 N–H and O–H groups in total. The van der Waals surface area contributed by atoms with Crippen molar-refractivity contribution in [1.82, 2.24) is 10.2 Å². The quantitative estimate of drug-likeness (QED) is 0.796. The molecule has 1 saturated carbocycles. The highest BCUT2D eigenvalue weighted by Crippen LogP contribution is 2.33. The molecule has 1 saturated heterocycles. The van der Waals surface area contributed by atoms with Crippen LogP contribution in [0.2, 0.25) is 0 Å². The Kier molecular flexibility index (Phi) is 4.98. The summed E-state index contributed by atoms with van der Waals surface area (Å²) in [6.45, 7) is 4.73. The SMILES string of the molecule is CCCNC(C1CCC1)C1CSCCN1C. The van der Waals surface area contributed by atoms with Crippen LogP contribution in [0.5, 0.6) is 0 Å². The van der Waals surface area contributed by atoms with Crippen molar-refractivity contribution in [1.29, 1.82) is 0 Å². The third-order valence-corrected chi connectivity index (χ3v) is 5.19. The van der Waals surface area contributed by atoms with Crippen LogP contribution in [0.4, 0.5) is 0 Å². The van der Waals surface area contributed by atoms with Gasteiger partial charge in [0.15, 0.2) is 0 Å². The number of rotatable bonds is 5. The van der Waals surface area contributed by atoms with Gasteiger partial charge < -0.3 is 10.2 Å². The summed E-state index contributed by atoms with van der Waals surface area (Å²) >= 11 is 2.14. The summed E-state index contributed by atoms with van der Waals surface area (Å²) in [5, 5.41) is 3.82. The highest BCUT2D eigenvalue weighted by Gasteiger charge is 2.35. The molecule has 2 unspecified atom stereocenters. The number of nitrogens with zero attached hydrogens (tertiary/aromatic N) is 1. The lowest BCUT2D eigenvalue weighted by atomic mass is 9.77. The molecule has 0 aromatic rings. The predicted octanol–water partition coefficient (Wildman–Crippen LogP) is 2.20. The van der Waals surface area contributed by atoms with Gasteiger partial charge in [0.25, 0.3) is 0 Å². The van der Waals surface area contributed by atoms with Gasteiger partial charge in [0.1, 0.15) is 0 Å². The molecule has 94 valence electrons. The van der Waals surface area contributed by atoms with Gasteiger partial charge in [-0.3, -0.25) is 0 Å². The molecule has 2 aliphatic rings. The molecule has 1 heterocycles. The van der Waals surface area contributed by atoms with Gasteiger partial charge in [0.05, 0.1) is 0 Å². The van der Waals surface area contributed by atoms with E-state index in [1.54, 1.807) is 0 Å². The van der Waals surface area contributed by atoms with Crippen LogP contribution in [0.25, 0.3) is 0 Å². The van der Waals surface area contributed by atoms with Crippen LogP contribution >= 0.6 is 11.8 Å². The minimum atomic E-state index is 0.756. The summed E-state index contributed by atoms with van der Waals surface area (Å²) in [5.74, 6) is 3.60. The molecule has 0 radical (unpaired) electrons. The molecule has 3 heteroatoms. The Labute approximate surface area is 105 Å². The molecular formula is C13H26N2S. The van der Waals surface area contributed by atoms with E-state index in [1.807, 2.05) is 0 Å². The monoisotopic (exact) mass is 242 g/mol. The number of nitrogens with one attached hydrogen (secondary N) is 1. The van der Waals surface area contributed by atoms with Gasteiger partial charge in [-0.05, 0) is 38.8 Å². The highest BCUT2D eigenvalue weighted by molar-refractivity contribution is 7.99. The topological polar surface area (TPSA) is 15.3 Å². The van der Waals surface area contributed by atoms with Crippen LogP contribution in [0.15, 0.2) is 0 Å². The average molecular weight is 242 g/mol. The van der Waals surface area contributed by atoms with Crippen molar-refractivity contribution < 1.29 is 0 Å². The van der Waals surface area contributed by atoms with E-state index in [0.29, 0.717) is 0 Å². The van der Waals surface area contributed by atoms with Crippen LogP contribution in [0, 0.1) is 5.92 Å². The molecule has 1 aliphatic carbocycles. The summed E-state index contributed by atoms with van der Waals surface area (Å²) < 4.78 is 0. The molecule has 2 atom stereocenters. The molecule has 0 bridgehead atoms. The van der Waals surface area contributed by atoms with Crippen molar-refractivity contribution in [2.75, 3.05) is 31.6 Å². The van der Waals surface area contributed by atoms with Crippen LogP contribution in [0.1, 0.15) is 32.6 Å². The Morgan fingerprint density at radius 2 is 2.25 bits per heavy atom. The number of likely N-dealkylation sites (N-methyl/N-ethyl adjacent to an activating group) is 1. The van der Waals surface area contributed by atoms with E-state index in [-0.39, 0.29) is 0 Å². The second-order valence-electron chi connectivity index (χ2n) is 5.29. The number of thioether (sulfide) groups is 1.